The molecular weight excluding hydrogens is 494 g/mol. The van der Waals surface area contributed by atoms with Crippen LogP contribution < -0.4 is 10.6 Å². The lowest BCUT2D eigenvalue weighted by Gasteiger charge is -2.45. The maximum atomic E-state index is 13.5. The number of carbonyl (C=O) groups excluding carboxylic acids is 2. The van der Waals surface area contributed by atoms with Gasteiger partial charge >= 0.3 is 0 Å². The predicted molar refractivity (Wildman–Crippen MR) is 139 cm³/mol. The molecule has 198 valence electrons. The minimum absolute atomic E-state index is 0.150. The number of anilines is 2. The lowest BCUT2D eigenvalue weighted by Crippen LogP contribution is -2.64. The van der Waals surface area contributed by atoms with Gasteiger partial charge in [0.2, 0.25) is 5.91 Å². The SMILES string of the molecule is CC(=O)N1CCN(c2cccc(-c3cc(-c4ccnn4C(CF)CF)c4c(N)ncnn34)c2)C(=O)C1(C)C. The second-order valence-corrected chi connectivity index (χ2v) is 9.71. The molecule has 0 bridgehead atoms. The van der Waals surface area contributed by atoms with Crippen molar-refractivity contribution in [3.8, 4) is 22.5 Å². The van der Waals surface area contributed by atoms with Crippen LogP contribution in [0.15, 0.2) is 48.9 Å². The van der Waals surface area contributed by atoms with Crippen molar-refractivity contribution in [2.75, 3.05) is 37.1 Å². The van der Waals surface area contributed by atoms with Gasteiger partial charge in [0.25, 0.3) is 5.91 Å². The molecule has 1 fully saturated rings. The van der Waals surface area contributed by atoms with Crippen LogP contribution in [0, 0.1) is 0 Å². The van der Waals surface area contributed by atoms with Gasteiger partial charge in [0, 0.05) is 43.0 Å². The number of rotatable bonds is 6. The number of alkyl halides is 2. The minimum Gasteiger partial charge on any atom is -0.382 e. The van der Waals surface area contributed by atoms with E-state index in [2.05, 4.69) is 15.2 Å². The van der Waals surface area contributed by atoms with Crippen molar-refractivity contribution in [1.29, 1.82) is 0 Å². The van der Waals surface area contributed by atoms with Crippen molar-refractivity contribution in [1.82, 2.24) is 29.3 Å². The highest BCUT2D eigenvalue weighted by Gasteiger charge is 2.43. The summed E-state index contributed by atoms with van der Waals surface area (Å²) in [5.74, 6) is -0.140. The molecule has 0 atom stereocenters. The molecule has 1 aliphatic heterocycles. The normalized spacial score (nSPS) is 15.6. The van der Waals surface area contributed by atoms with Crippen LogP contribution in [0.4, 0.5) is 20.3 Å². The average molecular weight is 523 g/mol. The van der Waals surface area contributed by atoms with E-state index in [1.165, 1.54) is 24.1 Å². The summed E-state index contributed by atoms with van der Waals surface area (Å²) in [7, 11) is 0. The van der Waals surface area contributed by atoms with E-state index in [0.717, 1.165) is 5.56 Å². The fourth-order valence-electron chi connectivity index (χ4n) is 5.12. The maximum absolute atomic E-state index is 13.5. The van der Waals surface area contributed by atoms with Crippen LogP contribution in [0.3, 0.4) is 0 Å². The lowest BCUT2D eigenvalue weighted by atomic mass is 9.96. The number of fused-ring (bicyclic) bond motifs is 1. The van der Waals surface area contributed by atoms with Gasteiger partial charge in [0.1, 0.15) is 36.8 Å². The van der Waals surface area contributed by atoms with E-state index in [4.69, 9.17) is 5.73 Å². The molecule has 0 aliphatic carbocycles. The van der Waals surface area contributed by atoms with E-state index < -0.39 is 24.9 Å². The standard InChI is InChI=1S/C26H28F2N8O2/c1-16(37)34-10-9-33(25(38)26(34,2)3)18-6-4-5-17(11-18)22-12-20(23-24(29)30-15-32-36(22)23)21-7-8-31-35(21)19(13-27)14-28/h4-8,11-12,15,19H,9-10,13-14H2,1-3H3,(H2,29,30,32). The zero-order valence-electron chi connectivity index (χ0n) is 21.3. The largest absolute Gasteiger partial charge is 0.382 e. The van der Waals surface area contributed by atoms with Gasteiger partial charge in [0.05, 0.1) is 11.4 Å². The first-order valence-electron chi connectivity index (χ1n) is 12.2. The molecule has 12 heteroatoms. The lowest BCUT2D eigenvalue weighted by molar-refractivity contribution is -0.145. The van der Waals surface area contributed by atoms with Crippen LogP contribution in [0.1, 0.15) is 26.8 Å². The molecule has 1 aromatic carbocycles. The number of carbonyl (C=O) groups is 2. The molecule has 0 saturated carbocycles. The highest BCUT2D eigenvalue weighted by atomic mass is 19.1. The van der Waals surface area contributed by atoms with E-state index in [0.29, 0.717) is 41.2 Å². The van der Waals surface area contributed by atoms with Crippen molar-refractivity contribution < 1.29 is 18.4 Å². The van der Waals surface area contributed by atoms with Crippen molar-refractivity contribution in [3.05, 3.63) is 48.9 Å². The van der Waals surface area contributed by atoms with Gasteiger partial charge in [-0.3, -0.25) is 14.3 Å². The second-order valence-electron chi connectivity index (χ2n) is 9.71. The summed E-state index contributed by atoms with van der Waals surface area (Å²) in [4.78, 5) is 32.9. The first kappa shape index (κ1) is 25.3. The Morgan fingerprint density at radius 3 is 2.58 bits per heavy atom. The molecule has 10 nitrogen and oxygen atoms in total. The Labute approximate surface area is 217 Å². The molecule has 3 aromatic heterocycles. The zero-order valence-corrected chi connectivity index (χ0v) is 21.3. The van der Waals surface area contributed by atoms with Crippen LogP contribution in [0.25, 0.3) is 28.0 Å². The second kappa shape index (κ2) is 9.51. The van der Waals surface area contributed by atoms with E-state index in [9.17, 15) is 18.4 Å². The van der Waals surface area contributed by atoms with Crippen molar-refractivity contribution in [3.63, 3.8) is 0 Å². The van der Waals surface area contributed by atoms with Crippen molar-refractivity contribution in [2.24, 2.45) is 0 Å². The Hall–Kier alpha value is -4.35. The third-order valence-electron chi connectivity index (χ3n) is 7.06. The minimum atomic E-state index is -1.07. The van der Waals surface area contributed by atoms with E-state index in [1.54, 1.807) is 34.2 Å². The van der Waals surface area contributed by atoms with Gasteiger partial charge in [-0.1, -0.05) is 12.1 Å². The fraction of sp³-hybridized carbons (Fsp3) is 0.346. The summed E-state index contributed by atoms with van der Waals surface area (Å²) >= 11 is 0. The summed E-state index contributed by atoms with van der Waals surface area (Å²) in [5, 5.41) is 8.54. The first-order chi connectivity index (χ1) is 18.2. The summed E-state index contributed by atoms with van der Waals surface area (Å²) in [6, 6.07) is 9.81. The van der Waals surface area contributed by atoms with Gasteiger partial charge in [-0.05, 0) is 38.1 Å². The first-order valence-corrected chi connectivity index (χ1v) is 12.2. The van der Waals surface area contributed by atoms with Gasteiger partial charge < -0.3 is 15.5 Å². The molecule has 0 radical (unpaired) electrons. The molecule has 2 amide bonds. The van der Waals surface area contributed by atoms with Gasteiger partial charge in [-0.2, -0.15) is 10.2 Å². The highest BCUT2D eigenvalue weighted by molar-refractivity contribution is 6.03. The van der Waals surface area contributed by atoms with Gasteiger partial charge in [-0.25, -0.2) is 18.3 Å². The molecule has 1 aliphatic rings. The summed E-state index contributed by atoms with van der Waals surface area (Å²) in [6.45, 7) is 3.87. The quantitative estimate of drug-likeness (QED) is 0.416. The number of benzene rings is 1. The molecule has 5 rings (SSSR count). The number of aromatic nitrogens is 5. The fourth-order valence-corrected chi connectivity index (χ4v) is 5.12. The smallest absolute Gasteiger partial charge is 0.252 e. The molecule has 0 spiro atoms. The topological polar surface area (TPSA) is 115 Å². The van der Waals surface area contributed by atoms with Crippen LogP contribution in [0.2, 0.25) is 0 Å². The summed E-state index contributed by atoms with van der Waals surface area (Å²) < 4.78 is 30.0. The Kier molecular flexibility index (Phi) is 6.33. The number of nitrogen functional groups attached to an aromatic ring is 1. The van der Waals surface area contributed by atoms with Gasteiger partial charge in [0.15, 0.2) is 5.82 Å². The van der Waals surface area contributed by atoms with Crippen molar-refractivity contribution >= 4 is 28.8 Å². The molecule has 38 heavy (non-hydrogen) atoms. The Bertz CT molecular complexity index is 1520. The molecule has 2 N–H and O–H groups in total. The van der Waals surface area contributed by atoms with Crippen LogP contribution in [0.5, 0.6) is 0 Å². The number of halogens is 2. The maximum Gasteiger partial charge on any atom is 0.252 e. The van der Waals surface area contributed by atoms with Gasteiger partial charge in [-0.15, -0.1) is 0 Å². The molecule has 4 heterocycles. The zero-order chi connectivity index (χ0) is 27.2. The number of amides is 2. The number of piperazine rings is 1. The van der Waals surface area contributed by atoms with Crippen LogP contribution in [-0.4, -0.2) is 73.1 Å². The van der Waals surface area contributed by atoms with Crippen molar-refractivity contribution in [2.45, 2.75) is 32.4 Å². The molecule has 4 aromatic rings. The van der Waals surface area contributed by atoms with E-state index >= 15 is 0 Å². The summed E-state index contributed by atoms with van der Waals surface area (Å²) in [6.07, 6.45) is 2.81. The average Bonchev–Trinajstić information content (AvgIpc) is 3.52. The summed E-state index contributed by atoms with van der Waals surface area (Å²) in [5.41, 5.74) is 8.82. The number of hydrogen-bond acceptors (Lipinski definition) is 6. The Morgan fingerprint density at radius 1 is 1.11 bits per heavy atom. The van der Waals surface area contributed by atoms with Crippen LogP contribution >= 0.6 is 0 Å². The molecule has 1 saturated heterocycles. The van der Waals surface area contributed by atoms with E-state index in [-0.39, 0.29) is 17.6 Å². The number of nitrogens with two attached hydrogens (primary N) is 1. The Balaban J connectivity index is 1.61. The molecule has 0 unspecified atom stereocenters. The molecular formula is C26H28F2N8O2. The Morgan fingerprint density at radius 2 is 1.87 bits per heavy atom. The number of nitrogens with zero attached hydrogens (tertiary/aromatic N) is 7. The number of hydrogen-bond donors (Lipinski definition) is 1. The third kappa shape index (κ3) is 3.96. The van der Waals surface area contributed by atoms with Crippen LogP contribution in [-0.2, 0) is 9.59 Å². The monoisotopic (exact) mass is 522 g/mol. The highest BCUT2D eigenvalue weighted by Crippen LogP contribution is 2.37. The third-order valence-corrected chi connectivity index (χ3v) is 7.06. The van der Waals surface area contributed by atoms with E-state index in [1.807, 2.05) is 30.3 Å². The predicted octanol–water partition coefficient (Wildman–Crippen LogP) is 3.30.